The monoisotopic (exact) mass is 306 g/mol. The molecule has 0 saturated carbocycles. The van der Waals surface area contributed by atoms with Crippen LogP contribution in [0.4, 0.5) is 0 Å². The molecule has 1 saturated heterocycles. The molecular formula is C15H19ClN4O. The lowest BCUT2D eigenvalue weighted by Crippen LogP contribution is -2.40. The molecule has 3 rings (SSSR count). The largest absolute Gasteiger partial charge is 0.419 e. The molecule has 112 valence electrons. The van der Waals surface area contributed by atoms with Crippen LogP contribution in [0.15, 0.2) is 28.7 Å². The van der Waals surface area contributed by atoms with Gasteiger partial charge in [-0.3, -0.25) is 4.90 Å². The average Bonchev–Trinajstić information content (AvgIpc) is 2.97. The molecule has 1 aliphatic heterocycles. The molecule has 6 heteroatoms. The number of hydrogen-bond acceptors (Lipinski definition) is 5. The first-order chi connectivity index (χ1) is 10.2. The fraction of sp³-hybridized carbons (Fsp3) is 0.467. The van der Waals surface area contributed by atoms with Gasteiger partial charge < -0.3 is 9.73 Å². The minimum absolute atomic E-state index is 0.481. The van der Waals surface area contributed by atoms with E-state index in [2.05, 4.69) is 27.5 Å². The summed E-state index contributed by atoms with van der Waals surface area (Å²) in [5.41, 5.74) is 0.780. The van der Waals surface area contributed by atoms with E-state index >= 15 is 0 Å². The van der Waals surface area contributed by atoms with Crippen molar-refractivity contribution in [1.29, 1.82) is 0 Å². The van der Waals surface area contributed by atoms with Crippen LogP contribution in [0.1, 0.15) is 18.7 Å². The molecule has 2 heterocycles. The molecule has 21 heavy (non-hydrogen) atoms. The molecular weight excluding hydrogens is 288 g/mol. The van der Waals surface area contributed by atoms with E-state index in [-0.39, 0.29) is 0 Å². The maximum Gasteiger partial charge on any atom is 0.249 e. The predicted octanol–water partition coefficient (Wildman–Crippen LogP) is 2.57. The van der Waals surface area contributed by atoms with Gasteiger partial charge in [0.05, 0.1) is 17.1 Å². The highest BCUT2D eigenvalue weighted by Gasteiger charge is 2.20. The molecule has 1 aromatic carbocycles. The summed E-state index contributed by atoms with van der Waals surface area (Å²) >= 11 is 6.15. The summed E-state index contributed by atoms with van der Waals surface area (Å²) in [6.07, 6.45) is 2.31. The zero-order valence-electron chi connectivity index (χ0n) is 12.1. The zero-order valence-corrected chi connectivity index (χ0v) is 12.8. The molecule has 0 radical (unpaired) electrons. The number of rotatable bonds is 4. The molecule has 1 aliphatic rings. The van der Waals surface area contributed by atoms with E-state index in [1.165, 1.54) is 0 Å². The second kappa shape index (κ2) is 6.56. The first-order valence-electron chi connectivity index (χ1n) is 7.22. The van der Waals surface area contributed by atoms with Crippen LogP contribution >= 0.6 is 11.6 Å². The van der Waals surface area contributed by atoms with Gasteiger partial charge in [0, 0.05) is 6.04 Å². The van der Waals surface area contributed by atoms with Crippen molar-refractivity contribution in [2.45, 2.75) is 25.4 Å². The molecule has 1 aromatic heterocycles. The van der Waals surface area contributed by atoms with E-state index in [1.54, 1.807) is 0 Å². The highest BCUT2D eigenvalue weighted by molar-refractivity contribution is 6.33. The van der Waals surface area contributed by atoms with Crippen LogP contribution in [0.2, 0.25) is 5.02 Å². The van der Waals surface area contributed by atoms with E-state index in [0.717, 1.165) is 31.5 Å². The molecule has 0 aliphatic carbocycles. The third kappa shape index (κ3) is 3.43. The summed E-state index contributed by atoms with van der Waals surface area (Å²) in [7, 11) is 2.11. The van der Waals surface area contributed by atoms with E-state index in [4.69, 9.17) is 16.0 Å². The minimum atomic E-state index is 0.481. The summed E-state index contributed by atoms with van der Waals surface area (Å²) in [6, 6.07) is 8.07. The minimum Gasteiger partial charge on any atom is -0.419 e. The first-order valence-corrected chi connectivity index (χ1v) is 7.60. The topological polar surface area (TPSA) is 54.2 Å². The Bertz CT molecular complexity index is 595. The van der Waals surface area contributed by atoms with Gasteiger partial charge in [-0.05, 0) is 45.1 Å². The molecule has 0 atom stereocenters. The maximum absolute atomic E-state index is 6.15. The number of halogens is 1. The van der Waals surface area contributed by atoms with Gasteiger partial charge in [-0.25, -0.2) is 0 Å². The normalized spacial score (nSPS) is 16.5. The highest BCUT2D eigenvalue weighted by atomic mass is 35.5. The molecule has 0 bridgehead atoms. The number of piperidine rings is 1. The van der Waals surface area contributed by atoms with Crippen LogP contribution in [0.3, 0.4) is 0 Å². The van der Waals surface area contributed by atoms with Crippen LogP contribution in [0, 0.1) is 0 Å². The lowest BCUT2D eigenvalue weighted by Gasteiger charge is -2.30. The van der Waals surface area contributed by atoms with Gasteiger partial charge in [0.1, 0.15) is 0 Å². The van der Waals surface area contributed by atoms with Crippen molar-refractivity contribution in [2.75, 3.05) is 20.1 Å². The van der Waals surface area contributed by atoms with Crippen LogP contribution in [-0.2, 0) is 6.54 Å². The van der Waals surface area contributed by atoms with Gasteiger partial charge in [0.25, 0.3) is 0 Å². The second-order valence-electron chi connectivity index (χ2n) is 5.38. The molecule has 1 N–H and O–H groups in total. The Morgan fingerprint density at radius 3 is 2.81 bits per heavy atom. The third-order valence-electron chi connectivity index (χ3n) is 3.89. The van der Waals surface area contributed by atoms with Crippen molar-refractivity contribution < 1.29 is 4.42 Å². The summed E-state index contributed by atoms with van der Waals surface area (Å²) < 4.78 is 5.75. The SMILES string of the molecule is CN(Cc1nnc(-c2ccccc2Cl)o1)C1CCNCC1. The van der Waals surface area contributed by atoms with E-state index in [1.807, 2.05) is 24.3 Å². The second-order valence-corrected chi connectivity index (χ2v) is 5.78. The lowest BCUT2D eigenvalue weighted by molar-refractivity contribution is 0.177. The van der Waals surface area contributed by atoms with Crippen molar-refractivity contribution in [3.05, 3.63) is 35.2 Å². The molecule has 0 unspecified atom stereocenters. The van der Waals surface area contributed by atoms with Crippen molar-refractivity contribution in [1.82, 2.24) is 20.4 Å². The first kappa shape index (κ1) is 14.5. The number of hydrogen-bond donors (Lipinski definition) is 1. The highest BCUT2D eigenvalue weighted by Crippen LogP contribution is 2.26. The third-order valence-corrected chi connectivity index (χ3v) is 4.22. The Labute approximate surface area is 129 Å². The summed E-state index contributed by atoms with van der Waals surface area (Å²) in [5.74, 6) is 1.11. The molecule has 1 fully saturated rings. The Hall–Kier alpha value is -1.43. The number of aromatic nitrogens is 2. The van der Waals surface area contributed by atoms with Crippen LogP contribution in [0.25, 0.3) is 11.5 Å². The zero-order chi connectivity index (χ0) is 14.7. The van der Waals surface area contributed by atoms with Crippen LogP contribution in [0.5, 0.6) is 0 Å². The fourth-order valence-electron chi connectivity index (χ4n) is 2.65. The Morgan fingerprint density at radius 2 is 2.05 bits per heavy atom. The van der Waals surface area contributed by atoms with Gasteiger partial charge in [0.2, 0.25) is 11.8 Å². The quantitative estimate of drug-likeness (QED) is 0.941. The fourth-order valence-corrected chi connectivity index (χ4v) is 2.87. The van der Waals surface area contributed by atoms with Gasteiger partial charge in [0.15, 0.2) is 0 Å². The predicted molar refractivity (Wildman–Crippen MR) is 82.1 cm³/mol. The standard InChI is InChI=1S/C15H19ClN4O/c1-20(11-6-8-17-9-7-11)10-14-18-19-15(21-14)12-4-2-3-5-13(12)16/h2-5,11,17H,6-10H2,1H3. The van der Waals surface area contributed by atoms with Crippen molar-refractivity contribution in [3.8, 4) is 11.5 Å². The summed E-state index contributed by atoms with van der Waals surface area (Å²) in [5, 5.41) is 12.2. The summed E-state index contributed by atoms with van der Waals surface area (Å²) in [6.45, 7) is 2.82. The van der Waals surface area contributed by atoms with Gasteiger partial charge in [-0.2, -0.15) is 0 Å². The smallest absolute Gasteiger partial charge is 0.249 e. The Balaban J connectivity index is 1.69. The van der Waals surface area contributed by atoms with Crippen molar-refractivity contribution in [2.24, 2.45) is 0 Å². The number of nitrogens with one attached hydrogen (secondary N) is 1. The molecule has 0 spiro atoms. The molecule has 0 amide bonds. The molecule has 5 nitrogen and oxygen atoms in total. The van der Waals surface area contributed by atoms with E-state index in [9.17, 15) is 0 Å². The number of nitrogens with zero attached hydrogens (tertiary/aromatic N) is 3. The van der Waals surface area contributed by atoms with Crippen molar-refractivity contribution >= 4 is 11.6 Å². The lowest BCUT2D eigenvalue weighted by atomic mass is 10.1. The van der Waals surface area contributed by atoms with Crippen molar-refractivity contribution in [3.63, 3.8) is 0 Å². The Morgan fingerprint density at radius 1 is 1.29 bits per heavy atom. The van der Waals surface area contributed by atoms with Gasteiger partial charge >= 0.3 is 0 Å². The van der Waals surface area contributed by atoms with Crippen LogP contribution < -0.4 is 5.32 Å². The number of benzene rings is 1. The molecule has 2 aromatic rings. The average molecular weight is 307 g/mol. The van der Waals surface area contributed by atoms with Crippen LogP contribution in [-0.4, -0.2) is 41.3 Å². The van der Waals surface area contributed by atoms with Gasteiger partial charge in [-0.15, -0.1) is 10.2 Å². The van der Waals surface area contributed by atoms with Gasteiger partial charge in [-0.1, -0.05) is 23.7 Å². The summed E-state index contributed by atoms with van der Waals surface area (Å²) in [4.78, 5) is 2.28. The van der Waals surface area contributed by atoms with E-state index < -0.39 is 0 Å². The Kier molecular flexibility index (Phi) is 4.53. The van der Waals surface area contributed by atoms with E-state index in [0.29, 0.717) is 29.4 Å². The maximum atomic E-state index is 6.15.